The minimum absolute atomic E-state index is 0.351. The largest absolute Gasteiger partial charge is 0.489 e. The maximum atomic E-state index is 12.1. The molecule has 2 N–H and O–H groups in total. The van der Waals surface area contributed by atoms with Crippen LogP contribution in [-0.4, -0.2) is 36.7 Å². The summed E-state index contributed by atoms with van der Waals surface area (Å²) in [7, 11) is 1.19. The van der Waals surface area contributed by atoms with Crippen LogP contribution in [-0.2, 0) is 16.1 Å². The molecule has 0 aromatic heterocycles. The minimum atomic E-state index is -1.09. The molecule has 0 spiro atoms. The quantitative estimate of drug-likeness (QED) is 0.753. The maximum absolute atomic E-state index is 12.1. The van der Waals surface area contributed by atoms with Crippen LogP contribution in [0.2, 0.25) is 0 Å². The van der Waals surface area contributed by atoms with Gasteiger partial charge in [0.1, 0.15) is 12.4 Å². The molecule has 0 aliphatic rings. The third-order valence-corrected chi connectivity index (χ3v) is 3.34. The number of aliphatic hydroxyl groups excluding tert-OH is 1. The van der Waals surface area contributed by atoms with Crippen molar-refractivity contribution in [2.75, 3.05) is 13.7 Å². The molecule has 0 saturated carbocycles. The number of carbonyl (C=O) groups is 2. The van der Waals surface area contributed by atoms with E-state index < -0.39 is 24.5 Å². The van der Waals surface area contributed by atoms with Gasteiger partial charge in [-0.1, -0.05) is 30.3 Å². The third kappa shape index (κ3) is 4.82. The Hall–Kier alpha value is -2.86. The molecule has 2 aromatic carbocycles. The van der Waals surface area contributed by atoms with E-state index in [0.717, 1.165) is 5.56 Å². The van der Waals surface area contributed by atoms with Gasteiger partial charge < -0.3 is 19.9 Å². The highest BCUT2D eigenvalue weighted by Gasteiger charge is 2.21. The summed E-state index contributed by atoms with van der Waals surface area (Å²) in [6.07, 6.45) is 0. The van der Waals surface area contributed by atoms with Gasteiger partial charge in [-0.3, -0.25) is 4.79 Å². The van der Waals surface area contributed by atoms with E-state index >= 15 is 0 Å². The molecular formula is C18H19NO5. The van der Waals surface area contributed by atoms with Crippen molar-refractivity contribution in [1.82, 2.24) is 5.32 Å². The topological polar surface area (TPSA) is 84.9 Å². The van der Waals surface area contributed by atoms with Crippen molar-refractivity contribution in [1.29, 1.82) is 0 Å². The summed E-state index contributed by atoms with van der Waals surface area (Å²) in [6.45, 7) is -0.0992. The predicted molar refractivity (Wildman–Crippen MR) is 87.6 cm³/mol. The molecule has 6 nitrogen and oxygen atoms in total. The first kappa shape index (κ1) is 17.5. The van der Waals surface area contributed by atoms with Gasteiger partial charge in [0.25, 0.3) is 5.91 Å². The number of hydrogen-bond donors (Lipinski definition) is 2. The van der Waals surface area contributed by atoms with Crippen LogP contribution in [0.15, 0.2) is 54.6 Å². The Morgan fingerprint density at radius 3 is 2.33 bits per heavy atom. The number of ether oxygens (including phenoxy) is 2. The van der Waals surface area contributed by atoms with E-state index in [-0.39, 0.29) is 0 Å². The van der Waals surface area contributed by atoms with Gasteiger partial charge in [0, 0.05) is 5.56 Å². The van der Waals surface area contributed by atoms with Crippen LogP contribution in [0.25, 0.3) is 0 Å². The Balaban J connectivity index is 1.93. The number of aliphatic hydroxyl groups is 1. The molecule has 6 heteroatoms. The highest BCUT2D eigenvalue weighted by molar-refractivity contribution is 5.96. The summed E-state index contributed by atoms with van der Waals surface area (Å²) in [4.78, 5) is 23.4. The zero-order chi connectivity index (χ0) is 17.4. The van der Waals surface area contributed by atoms with Crippen LogP contribution in [0, 0.1) is 0 Å². The van der Waals surface area contributed by atoms with Crippen LogP contribution in [0.3, 0.4) is 0 Å². The van der Waals surface area contributed by atoms with E-state index in [1.165, 1.54) is 7.11 Å². The number of carbonyl (C=O) groups excluding carboxylic acids is 2. The van der Waals surface area contributed by atoms with Gasteiger partial charge in [-0.2, -0.15) is 0 Å². The molecular weight excluding hydrogens is 310 g/mol. The summed E-state index contributed by atoms with van der Waals surface area (Å²) in [6, 6.07) is 15.2. The van der Waals surface area contributed by atoms with E-state index in [4.69, 9.17) is 9.84 Å². The molecule has 0 saturated heterocycles. The second-order valence-corrected chi connectivity index (χ2v) is 5.03. The van der Waals surface area contributed by atoms with Gasteiger partial charge in [-0.15, -0.1) is 0 Å². The van der Waals surface area contributed by atoms with E-state index in [1.807, 2.05) is 30.3 Å². The lowest BCUT2D eigenvalue weighted by Gasteiger charge is -2.14. The summed E-state index contributed by atoms with van der Waals surface area (Å²) < 4.78 is 10.1. The van der Waals surface area contributed by atoms with E-state index in [1.54, 1.807) is 24.3 Å². The zero-order valence-corrected chi connectivity index (χ0v) is 13.3. The Bertz CT molecular complexity index is 670. The van der Waals surface area contributed by atoms with Crippen LogP contribution >= 0.6 is 0 Å². The van der Waals surface area contributed by atoms with Crippen LogP contribution in [0.1, 0.15) is 15.9 Å². The summed E-state index contributed by atoms with van der Waals surface area (Å²) >= 11 is 0. The summed E-state index contributed by atoms with van der Waals surface area (Å²) in [5, 5.41) is 11.5. The van der Waals surface area contributed by atoms with Crippen molar-refractivity contribution in [3.05, 3.63) is 65.7 Å². The highest BCUT2D eigenvalue weighted by Crippen LogP contribution is 2.14. The Morgan fingerprint density at radius 1 is 1.08 bits per heavy atom. The lowest BCUT2D eigenvalue weighted by molar-refractivity contribution is -0.143. The monoisotopic (exact) mass is 329 g/mol. The first-order chi connectivity index (χ1) is 11.6. The molecule has 2 rings (SSSR count). The average molecular weight is 329 g/mol. The number of esters is 1. The Kier molecular flexibility index (Phi) is 6.33. The van der Waals surface area contributed by atoms with Gasteiger partial charge in [0.15, 0.2) is 6.04 Å². The fourth-order valence-corrected chi connectivity index (χ4v) is 2.01. The van der Waals surface area contributed by atoms with Gasteiger partial charge in [0.2, 0.25) is 0 Å². The number of methoxy groups -OCH3 is 1. The Morgan fingerprint density at radius 2 is 1.75 bits per heavy atom. The van der Waals surface area contributed by atoms with Crippen molar-refractivity contribution in [2.45, 2.75) is 12.6 Å². The van der Waals surface area contributed by atoms with Crippen molar-refractivity contribution >= 4 is 11.9 Å². The van der Waals surface area contributed by atoms with Crippen molar-refractivity contribution in [2.24, 2.45) is 0 Å². The molecule has 24 heavy (non-hydrogen) atoms. The number of amides is 1. The van der Waals surface area contributed by atoms with Crippen molar-refractivity contribution < 1.29 is 24.2 Å². The lowest BCUT2D eigenvalue weighted by Crippen LogP contribution is -2.44. The molecule has 0 bridgehead atoms. The average Bonchev–Trinajstić information content (AvgIpc) is 2.64. The smallest absolute Gasteiger partial charge is 0.330 e. The number of benzene rings is 2. The molecule has 0 fully saturated rings. The molecule has 0 radical (unpaired) electrons. The molecule has 0 heterocycles. The second-order valence-electron chi connectivity index (χ2n) is 5.03. The predicted octanol–water partition coefficient (Wildman–Crippen LogP) is 1.53. The van der Waals surface area contributed by atoms with E-state index in [9.17, 15) is 9.59 Å². The molecule has 2 aromatic rings. The van der Waals surface area contributed by atoms with Gasteiger partial charge in [-0.25, -0.2) is 4.79 Å². The molecule has 0 aliphatic heterocycles. The van der Waals surface area contributed by atoms with Gasteiger partial charge >= 0.3 is 5.97 Å². The Labute approximate surface area is 140 Å². The van der Waals surface area contributed by atoms with Crippen molar-refractivity contribution in [3.8, 4) is 5.75 Å². The highest BCUT2D eigenvalue weighted by atomic mass is 16.5. The van der Waals surface area contributed by atoms with Gasteiger partial charge in [-0.05, 0) is 29.8 Å². The fourth-order valence-electron chi connectivity index (χ4n) is 2.01. The first-order valence-electron chi connectivity index (χ1n) is 7.40. The van der Waals surface area contributed by atoms with Crippen LogP contribution in [0.4, 0.5) is 0 Å². The fraction of sp³-hybridized carbons (Fsp3) is 0.222. The molecule has 1 atom stereocenters. The minimum Gasteiger partial charge on any atom is -0.489 e. The summed E-state index contributed by atoms with van der Waals surface area (Å²) in [5.41, 5.74) is 1.40. The third-order valence-electron chi connectivity index (χ3n) is 3.34. The van der Waals surface area contributed by atoms with E-state index in [2.05, 4.69) is 10.1 Å². The maximum Gasteiger partial charge on any atom is 0.330 e. The second kappa shape index (κ2) is 8.69. The van der Waals surface area contributed by atoms with Crippen molar-refractivity contribution in [3.63, 3.8) is 0 Å². The lowest BCUT2D eigenvalue weighted by atomic mass is 10.2. The SMILES string of the molecule is COC(=O)[C@H](CO)NC(=O)c1ccc(OCc2ccccc2)cc1. The molecule has 1 amide bonds. The number of nitrogens with one attached hydrogen (secondary N) is 1. The zero-order valence-electron chi connectivity index (χ0n) is 13.3. The van der Waals surface area contributed by atoms with Gasteiger partial charge in [0.05, 0.1) is 13.7 Å². The standard InChI is InChI=1S/C18H19NO5/c1-23-18(22)16(11-20)19-17(21)14-7-9-15(10-8-14)24-12-13-5-3-2-4-6-13/h2-10,16,20H,11-12H2,1H3,(H,19,21)/t16-/m0/s1. The van der Waals surface area contributed by atoms with E-state index in [0.29, 0.717) is 17.9 Å². The molecule has 0 aliphatic carbocycles. The molecule has 0 unspecified atom stereocenters. The summed E-state index contributed by atoms with van der Waals surface area (Å²) in [5.74, 6) is -0.551. The number of hydrogen-bond acceptors (Lipinski definition) is 5. The normalized spacial score (nSPS) is 11.4. The number of rotatable bonds is 7. The first-order valence-corrected chi connectivity index (χ1v) is 7.40. The van der Waals surface area contributed by atoms with Crippen LogP contribution in [0.5, 0.6) is 5.75 Å². The molecule has 126 valence electrons. The van der Waals surface area contributed by atoms with Crippen LogP contribution < -0.4 is 10.1 Å².